The minimum absolute atomic E-state index is 0.0463. The molecule has 2 rings (SSSR count). The quantitative estimate of drug-likeness (QED) is 0.620. The summed E-state index contributed by atoms with van der Waals surface area (Å²) in [5, 5.41) is 12.0. The first kappa shape index (κ1) is 12.1. The predicted molar refractivity (Wildman–Crippen MR) is 66.0 cm³/mol. The van der Waals surface area contributed by atoms with Gasteiger partial charge < -0.3 is 21.1 Å². The molecule has 0 radical (unpaired) electrons. The molecule has 0 spiro atoms. The maximum Gasteiger partial charge on any atom is 0.326 e. The van der Waals surface area contributed by atoms with Crippen molar-refractivity contribution in [1.82, 2.24) is 19.9 Å². The SMILES string of the molecule is CC(C)[C@H](Nc1nc(N)nc2nc[nH]c12)C(=O)O. The lowest BCUT2D eigenvalue weighted by Gasteiger charge is -2.18. The van der Waals surface area contributed by atoms with Crippen LogP contribution in [0.15, 0.2) is 6.33 Å². The van der Waals surface area contributed by atoms with Crippen molar-refractivity contribution in [2.75, 3.05) is 11.1 Å². The Hall–Kier alpha value is -2.38. The number of carboxylic acids is 1. The third-order valence-electron chi connectivity index (χ3n) is 2.53. The summed E-state index contributed by atoms with van der Waals surface area (Å²) >= 11 is 0. The van der Waals surface area contributed by atoms with E-state index in [1.807, 2.05) is 0 Å². The number of nitrogens with one attached hydrogen (secondary N) is 2. The molecule has 8 heteroatoms. The maximum absolute atomic E-state index is 11.1. The number of nitrogens with two attached hydrogens (primary N) is 1. The molecule has 0 aliphatic rings. The van der Waals surface area contributed by atoms with Gasteiger partial charge in [0.1, 0.15) is 11.6 Å². The Balaban J connectivity index is 2.41. The van der Waals surface area contributed by atoms with E-state index in [9.17, 15) is 4.79 Å². The fourth-order valence-electron chi connectivity index (χ4n) is 1.62. The number of aromatic amines is 1. The number of hydrogen-bond acceptors (Lipinski definition) is 6. The molecule has 5 N–H and O–H groups in total. The molecule has 2 aromatic rings. The number of aliphatic carboxylic acids is 1. The van der Waals surface area contributed by atoms with E-state index in [-0.39, 0.29) is 11.9 Å². The van der Waals surface area contributed by atoms with Gasteiger partial charge in [0.15, 0.2) is 11.5 Å². The molecule has 0 saturated carbocycles. The molecule has 2 aromatic heterocycles. The highest BCUT2D eigenvalue weighted by Gasteiger charge is 2.23. The predicted octanol–water partition coefficient (Wildman–Crippen LogP) is 0.456. The molecule has 96 valence electrons. The summed E-state index contributed by atoms with van der Waals surface area (Å²) in [6, 6.07) is -0.759. The lowest BCUT2D eigenvalue weighted by Crippen LogP contribution is -2.34. The molecule has 2 heterocycles. The number of hydrogen-bond donors (Lipinski definition) is 4. The van der Waals surface area contributed by atoms with Gasteiger partial charge in [-0.25, -0.2) is 9.78 Å². The summed E-state index contributed by atoms with van der Waals surface area (Å²) in [5.41, 5.74) is 6.49. The lowest BCUT2D eigenvalue weighted by atomic mass is 10.1. The van der Waals surface area contributed by atoms with E-state index in [1.54, 1.807) is 13.8 Å². The van der Waals surface area contributed by atoms with Crippen LogP contribution in [0.3, 0.4) is 0 Å². The molecule has 0 aliphatic carbocycles. The van der Waals surface area contributed by atoms with Gasteiger partial charge in [-0.3, -0.25) is 0 Å². The summed E-state index contributed by atoms with van der Waals surface area (Å²) < 4.78 is 0. The second kappa shape index (κ2) is 4.47. The van der Waals surface area contributed by atoms with E-state index in [0.29, 0.717) is 17.0 Å². The average molecular weight is 250 g/mol. The van der Waals surface area contributed by atoms with Gasteiger partial charge in [0.25, 0.3) is 0 Å². The minimum Gasteiger partial charge on any atom is -0.480 e. The van der Waals surface area contributed by atoms with Crippen molar-refractivity contribution < 1.29 is 9.90 Å². The van der Waals surface area contributed by atoms with E-state index < -0.39 is 12.0 Å². The van der Waals surface area contributed by atoms with Gasteiger partial charge in [-0.05, 0) is 5.92 Å². The Bertz CT molecular complexity index is 579. The second-order valence-electron chi connectivity index (χ2n) is 4.24. The van der Waals surface area contributed by atoms with Gasteiger partial charge in [-0.2, -0.15) is 9.97 Å². The summed E-state index contributed by atoms with van der Waals surface area (Å²) in [6.45, 7) is 3.61. The Labute approximate surface area is 103 Å². The van der Waals surface area contributed by atoms with E-state index in [1.165, 1.54) is 6.33 Å². The van der Waals surface area contributed by atoms with Crippen molar-refractivity contribution in [1.29, 1.82) is 0 Å². The van der Waals surface area contributed by atoms with Crippen LogP contribution in [-0.2, 0) is 4.79 Å². The first-order valence-electron chi connectivity index (χ1n) is 5.45. The standard InChI is InChI=1S/C10H14N6O2/c1-4(2)5(9(17)18)14-8-6-7(13-3-12-6)15-10(11)16-8/h3-5H,1-2H3,(H,17,18)(H4,11,12,13,14,15,16)/t5-/m0/s1. The molecule has 18 heavy (non-hydrogen) atoms. The van der Waals surface area contributed by atoms with Gasteiger partial charge in [-0.15, -0.1) is 0 Å². The molecular formula is C10H14N6O2. The Morgan fingerprint density at radius 2 is 2.22 bits per heavy atom. The van der Waals surface area contributed by atoms with Crippen molar-refractivity contribution in [3.63, 3.8) is 0 Å². The largest absolute Gasteiger partial charge is 0.480 e. The zero-order valence-corrected chi connectivity index (χ0v) is 10.0. The van der Waals surface area contributed by atoms with Crippen LogP contribution in [0.25, 0.3) is 11.2 Å². The number of nitrogen functional groups attached to an aromatic ring is 1. The maximum atomic E-state index is 11.1. The van der Waals surface area contributed by atoms with Gasteiger partial charge in [-0.1, -0.05) is 13.8 Å². The summed E-state index contributed by atoms with van der Waals surface area (Å²) in [7, 11) is 0. The zero-order valence-electron chi connectivity index (χ0n) is 10.0. The zero-order chi connectivity index (χ0) is 13.3. The highest BCUT2D eigenvalue weighted by atomic mass is 16.4. The topological polar surface area (TPSA) is 130 Å². The summed E-state index contributed by atoms with van der Waals surface area (Å²) in [4.78, 5) is 25.9. The number of carboxylic acid groups (broad SMARTS) is 1. The summed E-state index contributed by atoms with van der Waals surface area (Å²) in [6.07, 6.45) is 1.45. The highest BCUT2D eigenvalue weighted by molar-refractivity contribution is 5.86. The molecule has 0 aliphatic heterocycles. The fourth-order valence-corrected chi connectivity index (χ4v) is 1.62. The lowest BCUT2D eigenvalue weighted by molar-refractivity contribution is -0.138. The average Bonchev–Trinajstić information content (AvgIpc) is 2.72. The number of fused-ring (bicyclic) bond motifs is 1. The van der Waals surface area contributed by atoms with E-state index >= 15 is 0 Å². The first-order chi connectivity index (χ1) is 8.49. The molecule has 0 aromatic carbocycles. The smallest absolute Gasteiger partial charge is 0.326 e. The number of rotatable bonds is 4. The second-order valence-corrected chi connectivity index (χ2v) is 4.24. The van der Waals surface area contributed by atoms with Crippen LogP contribution in [0.5, 0.6) is 0 Å². The molecule has 1 atom stereocenters. The van der Waals surface area contributed by atoms with Gasteiger partial charge >= 0.3 is 5.97 Å². The minimum atomic E-state index is -0.949. The number of aromatic nitrogens is 4. The highest BCUT2D eigenvalue weighted by Crippen LogP contribution is 2.19. The van der Waals surface area contributed by atoms with E-state index in [0.717, 1.165) is 0 Å². The number of nitrogens with zero attached hydrogens (tertiary/aromatic N) is 3. The van der Waals surface area contributed by atoms with E-state index in [2.05, 4.69) is 25.3 Å². The van der Waals surface area contributed by atoms with Gasteiger partial charge in [0.2, 0.25) is 5.95 Å². The molecular weight excluding hydrogens is 236 g/mol. The molecule has 0 saturated heterocycles. The van der Waals surface area contributed by atoms with E-state index in [4.69, 9.17) is 10.8 Å². The van der Waals surface area contributed by atoms with Crippen LogP contribution in [0.1, 0.15) is 13.8 Å². The molecule has 0 fully saturated rings. The van der Waals surface area contributed by atoms with Crippen LogP contribution in [0, 0.1) is 5.92 Å². The van der Waals surface area contributed by atoms with Gasteiger partial charge in [0, 0.05) is 0 Å². The molecule has 0 bridgehead atoms. The van der Waals surface area contributed by atoms with Crippen molar-refractivity contribution in [2.24, 2.45) is 5.92 Å². The third kappa shape index (κ3) is 2.17. The molecule has 0 unspecified atom stereocenters. The normalized spacial score (nSPS) is 12.8. The molecule has 8 nitrogen and oxygen atoms in total. The van der Waals surface area contributed by atoms with Gasteiger partial charge in [0.05, 0.1) is 6.33 Å². The number of carbonyl (C=O) groups is 1. The monoisotopic (exact) mass is 250 g/mol. The third-order valence-corrected chi connectivity index (χ3v) is 2.53. The van der Waals surface area contributed by atoms with Crippen LogP contribution < -0.4 is 11.1 Å². The van der Waals surface area contributed by atoms with Crippen LogP contribution in [0.2, 0.25) is 0 Å². The molecule has 0 amide bonds. The van der Waals surface area contributed by atoms with Crippen molar-refractivity contribution >= 4 is 28.9 Å². The number of anilines is 2. The van der Waals surface area contributed by atoms with Crippen molar-refractivity contribution in [2.45, 2.75) is 19.9 Å². The van der Waals surface area contributed by atoms with Crippen molar-refractivity contribution in [3.05, 3.63) is 6.33 Å². The number of imidazole rings is 1. The fraction of sp³-hybridized carbons (Fsp3) is 0.400. The van der Waals surface area contributed by atoms with Crippen LogP contribution in [0.4, 0.5) is 11.8 Å². The first-order valence-corrected chi connectivity index (χ1v) is 5.45. The van der Waals surface area contributed by atoms with Crippen LogP contribution >= 0.6 is 0 Å². The Morgan fingerprint density at radius 3 is 2.83 bits per heavy atom. The Kier molecular flexibility index (Phi) is 3.00. The summed E-state index contributed by atoms with van der Waals surface area (Å²) in [5.74, 6) is -0.660. The van der Waals surface area contributed by atoms with Crippen molar-refractivity contribution in [3.8, 4) is 0 Å². The number of H-pyrrole nitrogens is 1. The Morgan fingerprint density at radius 1 is 1.50 bits per heavy atom. The van der Waals surface area contributed by atoms with Crippen LogP contribution in [-0.4, -0.2) is 37.1 Å².